The number of allylic oxidation sites excluding steroid dienone is 18. The Balaban J connectivity index is 4.33. The number of ether oxygens (including phenoxy) is 3. The van der Waals surface area contributed by atoms with E-state index >= 15 is 0 Å². The largest absolute Gasteiger partial charge is 0.472 e. The highest BCUT2D eigenvalue weighted by Gasteiger charge is 2.29. The topological polar surface area (TPSA) is 231 Å². The van der Waals surface area contributed by atoms with Gasteiger partial charge in [-0.15, -0.1) is 0 Å². The monoisotopic (exact) mass is 1460 g/mol. The second kappa shape index (κ2) is 75.9. The van der Waals surface area contributed by atoms with Crippen molar-refractivity contribution in [1.82, 2.24) is 0 Å². The highest BCUT2D eigenvalue weighted by Crippen LogP contribution is 2.45. The Hall–Kier alpha value is -3.79. The van der Waals surface area contributed by atoms with E-state index in [1.165, 1.54) is 141 Å². The molecule has 0 aliphatic heterocycles. The van der Waals surface area contributed by atoms with Gasteiger partial charge in [0.2, 0.25) is 0 Å². The number of aliphatic hydroxyl groups is 2. The third-order valence-corrected chi connectivity index (χ3v) is 18.9. The molecule has 0 aliphatic rings. The lowest BCUT2D eigenvalue weighted by Crippen LogP contribution is -2.30. The molecule has 5 atom stereocenters. The van der Waals surface area contributed by atoms with E-state index in [-0.39, 0.29) is 19.3 Å². The third kappa shape index (κ3) is 77.1. The molecule has 101 heavy (non-hydrogen) atoms. The molecule has 16 nitrogen and oxygen atoms in total. The minimum atomic E-state index is -4.92. The molecule has 0 aromatic carbocycles. The minimum Gasteiger partial charge on any atom is -0.463 e. The number of carbonyl (C=O) groups excluding carboxylic acids is 3. The molecule has 0 saturated heterocycles. The fraction of sp³-hybridized carbons (Fsp3) is 0.747. The van der Waals surface area contributed by atoms with E-state index in [0.29, 0.717) is 19.3 Å². The van der Waals surface area contributed by atoms with Crippen LogP contribution in [0.15, 0.2) is 109 Å². The predicted octanol–water partition coefficient (Wildman–Crippen LogP) is 23.5. The number of aliphatic hydroxyl groups excluding tert-OH is 2. The normalized spacial score (nSPS) is 14.6. The summed E-state index contributed by atoms with van der Waals surface area (Å²) < 4.78 is 61.0. The van der Waals surface area contributed by atoms with Crippen LogP contribution in [-0.4, -0.2) is 95.9 Å². The number of esters is 3. The van der Waals surface area contributed by atoms with Crippen molar-refractivity contribution in [2.45, 2.75) is 360 Å². The lowest BCUT2D eigenvalue weighted by Gasteiger charge is -2.21. The van der Waals surface area contributed by atoms with Crippen molar-refractivity contribution in [2.75, 3.05) is 39.6 Å². The average molecular weight is 1460 g/mol. The number of carbonyl (C=O) groups is 3. The highest BCUT2D eigenvalue weighted by atomic mass is 31.2. The van der Waals surface area contributed by atoms with Crippen LogP contribution in [0.25, 0.3) is 0 Å². The standard InChI is InChI=1S/C83H146O16P2/c1-4-7-10-13-16-19-22-24-26-28-30-31-32-33-34-35-36-37-38-39-40-41-42-43-44-45-47-49-50-52-55-57-60-63-66-69-81(86)93-72-78(84)73-95-100(89,90)96-74-79(85)75-97-101(91,92)98-77-80(99-83(88)71-68-65-62-59-54-21-18-15-12-9-6-3)76-94-82(87)70-67-64-61-58-56-53-51-48-46-29-27-25-23-20-17-14-11-8-5-2/h7,10,16-17,19-20,24-27,30-31,33-34,36-37,46,48,78-80,84-85H,4-6,8-9,11-15,18,21-23,28-29,32,35,38-45,47,49-77H2,1-3H3,(H,89,90)(H,91,92)/b10-7-,19-16-,20-17-,26-24-,27-25-,31-30-,34-33-,37-36-,48-46-. The summed E-state index contributed by atoms with van der Waals surface area (Å²) in [5.74, 6) is -1.58. The Morgan fingerprint density at radius 2 is 0.525 bits per heavy atom. The zero-order chi connectivity index (χ0) is 73.7. The van der Waals surface area contributed by atoms with Crippen LogP contribution in [-0.2, 0) is 55.8 Å². The van der Waals surface area contributed by atoms with Crippen molar-refractivity contribution in [3.63, 3.8) is 0 Å². The van der Waals surface area contributed by atoms with Gasteiger partial charge in [-0.05, 0) is 109 Å². The van der Waals surface area contributed by atoms with Gasteiger partial charge in [0, 0.05) is 19.3 Å². The van der Waals surface area contributed by atoms with Crippen molar-refractivity contribution in [3.8, 4) is 0 Å². The van der Waals surface area contributed by atoms with Gasteiger partial charge in [0.15, 0.2) is 6.10 Å². The zero-order valence-corrected chi connectivity index (χ0v) is 65.6. The van der Waals surface area contributed by atoms with Crippen LogP contribution in [0.2, 0.25) is 0 Å². The molecule has 0 bridgehead atoms. The Morgan fingerprint density at radius 1 is 0.287 bits per heavy atom. The number of rotatable bonds is 76. The van der Waals surface area contributed by atoms with Gasteiger partial charge < -0.3 is 34.2 Å². The van der Waals surface area contributed by atoms with Gasteiger partial charge in [-0.1, -0.05) is 323 Å². The molecular formula is C83H146O16P2. The fourth-order valence-corrected chi connectivity index (χ4v) is 12.5. The fourth-order valence-electron chi connectivity index (χ4n) is 10.9. The first-order chi connectivity index (χ1) is 49.2. The first-order valence-electron chi connectivity index (χ1n) is 40.2. The number of phosphoric acid groups is 2. The highest BCUT2D eigenvalue weighted by molar-refractivity contribution is 7.47. The molecule has 0 rings (SSSR count). The van der Waals surface area contributed by atoms with E-state index in [1.54, 1.807) is 0 Å². The average Bonchev–Trinajstić information content (AvgIpc) is 0.974. The first-order valence-corrected chi connectivity index (χ1v) is 43.2. The Bertz CT molecular complexity index is 2270. The molecule has 0 radical (unpaired) electrons. The van der Waals surface area contributed by atoms with Crippen molar-refractivity contribution in [2.24, 2.45) is 0 Å². The van der Waals surface area contributed by atoms with Crippen LogP contribution in [0.4, 0.5) is 0 Å². The Morgan fingerprint density at radius 3 is 0.851 bits per heavy atom. The molecule has 0 saturated carbocycles. The van der Waals surface area contributed by atoms with Crippen molar-refractivity contribution in [1.29, 1.82) is 0 Å². The lowest BCUT2D eigenvalue weighted by molar-refractivity contribution is -0.161. The number of hydrogen-bond donors (Lipinski definition) is 4. The van der Waals surface area contributed by atoms with Gasteiger partial charge in [-0.3, -0.25) is 32.5 Å². The molecule has 18 heteroatoms. The minimum absolute atomic E-state index is 0.105. The van der Waals surface area contributed by atoms with E-state index < -0.39 is 91.5 Å². The van der Waals surface area contributed by atoms with Crippen LogP contribution in [0.5, 0.6) is 0 Å². The van der Waals surface area contributed by atoms with Crippen molar-refractivity contribution >= 4 is 33.6 Å². The summed E-state index contributed by atoms with van der Waals surface area (Å²) in [7, 11) is -9.78. The molecule has 0 heterocycles. The second-order valence-corrected chi connectivity index (χ2v) is 29.8. The van der Waals surface area contributed by atoms with Crippen LogP contribution >= 0.6 is 15.6 Å². The van der Waals surface area contributed by atoms with Gasteiger partial charge in [0.1, 0.15) is 25.4 Å². The van der Waals surface area contributed by atoms with Crippen LogP contribution in [0.3, 0.4) is 0 Å². The van der Waals surface area contributed by atoms with Gasteiger partial charge >= 0.3 is 33.6 Å². The van der Waals surface area contributed by atoms with Gasteiger partial charge in [0.25, 0.3) is 0 Å². The predicted molar refractivity (Wildman–Crippen MR) is 417 cm³/mol. The van der Waals surface area contributed by atoms with E-state index in [4.69, 9.17) is 32.3 Å². The summed E-state index contributed by atoms with van der Waals surface area (Å²) in [6.07, 6.45) is 88.8. The molecule has 0 aromatic rings. The van der Waals surface area contributed by atoms with Crippen LogP contribution < -0.4 is 0 Å². The maximum absolute atomic E-state index is 12.9. The Labute approximate surface area is 615 Å². The molecule has 0 amide bonds. The number of hydrogen-bond acceptors (Lipinski definition) is 14. The quantitative estimate of drug-likeness (QED) is 0.0146. The van der Waals surface area contributed by atoms with E-state index in [2.05, 4.69) is 130 Å². The molecule has 4 N–H and O–H groups in total. The summed E-state index contributed by atoms with van der Waals surface area (Å²) in [5, 5.41) is 20.6. The summed E-state index contributed by atoms with van der Waals surface area (Å²) >= 11 is 0. The summed E-state index contributed by atoms with van der Waals surface area (Å²) in [4.78, 5) is 58.5. The second-order valence-electron chi connectivity index (χ2n) is 26.8. The third-order valence-electron chi connectivity index (χ3n) is 17.0. The first kappa shape index (κ1) is 97.2. The number of phosphoric ester groups is 2. The SMILES string of the molecule is CC/C=C\C/C=C\C/C=C\C/C=C\C/C=C\C/C=C\CCCCCCCCCCCCCCCCCCC(=O)OCC(O)COP(=O)(O)OCC(O)COP(=O)(O)OCC(COC(=O)CCCCCCCC/C=C\C/C=C\C/C=C\CCCCC)OC(=O)CCCCCCCCCCCCC. The van der Waals surface area contributed by atoms with Gasteiger partial charge in [-0.2, -0.15) is 0 Å². The van der Waals surface area contributed by atoms with E-state index in [0.717, 1.165) is 141 Å². The molecule has 0 fully saturated rings. The maximum Gasteiger partial charge on any atom is 0.472 e. The van der Waals surface area contributed by atoms with Crippen LogP contribution in [0, 0.1) is 0 Å². The van der Waals surface area contributed by atoms with E-state index in [9.17, 15) is 43.5 Å². The molecule has 0 aliphatic carbocycles. The number of unbranched alkanes of at least 4 members (excludes halogenated alkanes) is 35. The Kier molecular flexibility index (Phi) is 73.0. The van der Waals surface area contributed by atoms with Crippen molar-refractivity contribution in [3.05, 3.63) is 109 Å². The summed E-state index contributed by atoms with van der Waals surface area (Å²) in [5.41, 5.74) is 0. The molecule has 5 unspecified atom stereocenters. The lowest BCUT2D eigenvalue weighted by atomic mass is 10.0. The molecule has 0 spiro atoms. The zero-order valence-electron chi connectivity index (χ0n) is 63.8. The van der Waals surface area contributed by atoms with Gasteiger partial charge in [0.05, 0.1) is 26.4 Å². The van der Waals surface area contributed by atoms with Crippen molar-refractivity contribution < 1.29 is 75.8 Å². The molecule has 0 aromatic heterocycles. The summed E-state index contributed by atoms with van der Waals surface area (Å²) in [6.45, 7) is 2.54. The van der Waals surface area contributed by atoms with E-state index in [1.807, 2.05) is 0 Å². The summed E-state index contributed by atoms with van der Waals surface area (Å²) in [6, 6.07) is 0. The van der Waals surface area contributed by atoms with Crippen LogP contribution in [0.1, 0.15) is 342 Å². The molecular weight excluding hydrogens is 1310 g/mol. The molecule has 584 valence electrons. The van der Waals surface area contributed by atoms with Gasteiger partial charge in [-0.25, -0.2) is 9.13 Å². The maximum atomic E-state index is 12.9. The smallest absolute Gasteiger partial charge is 0.463 e.